The molecule has 0 amide bonds. The highest BCUT2D eigenvalue weighted by atomic mass is 14.9. The number of para-hydroxylation sites is 1. The first-order chi connectivity index (χ1) is 9.67. The number of aryl methyl sites for hydroxylation is 1. The lowest BCUT2D eigenvalue weighted by atomic mass is 9.94. The fraction of sp³-hybridized carbons (Fsp3) is 0.500. The van der Waals surface area contributed by atoms with Crippen LogP contribution in [0.25, 0.3) is 10.9 Å². The Morgan fingerprint density at radius 1 is 1.20 bits per heavy atom. The summed E-state index contributed by atoms with van der Waals surface area (Å²) in [5.41, 5.74) is 3.61. The molecule has 2 rings (SSSR count). The summed E-state index contributed by atoms with van der Waals surface area (Å²) in [6.07, 6.45) is 2.31. The predicted octanol–water partition coefficient (Wildman–Crippen LogP) is 4.63. The van der Waals surface area contributed by atoms with E-state index in [2.05, 4.69) is 63.3 Å². The molecule has 1 aromatic carbocycles. The summed E-state index contributed by atoms with van der Waals surface area (Å²) in [6, 6.07) is 11.0. The fourth-order valence-corrected chi connectivity index (χ4v) is 2.67. The molecule has 0 aliphatic heterocycles. The summed E-state index contributed by atoms with van der Waals surface area (Å²) < 4.78 is 0. The van der Waals surface area contributed by atoms with Crippen LogP contribution in [0.15, 0.2) is 30.3 Å². The maximum atomic E-state index is 4.90. The first-order valence-electron chi connectivity index (χ1n) is 7.77. The van der Waals surface area contributed by atoms with Gasteiger partial charge in [0.1, 0.15) is 0 Å². The van der Waals surface area contributed by atoms with Crippen LogP contribution in [0.5, 0.6) is 0 Å². The molecule has 1 aromatic heterocycles. The van der Waals surface area contributed by atoms with Crippen LogP contribution in [0.3, 0.4) is 0 Å². The second kappa shape index (κ2) is 6.85. The molecule has 2 nitrogen and oxygen atoms in total. The van der Waals surface area contributed by atoms with Crippen LogP contribution in [0.1, 0.15) is 50.9 Å². The average molecular weight is 270 g/mol. The van der Waals surface area contributed by atoms with Gasteiger partial charge in [-0.05, 0) is 43.5 Å². The minimum atomic E-state index is 0.350. The summed E-state index contributed by atoms with van der Waals surface area (Å²) in [4.78, 5) is 4.90. The Balaban J connectivity index is 2.42. The van der Waals surface area contributed by atoms with E-state index in [1.807, 2.05) is 0 Å². The lowest BCUT2D eigenvalue weighted by molar-refractivity contribution is 0.370. The standard InChI is InChI=1S/C18H26N2/c1-5-11-19-18(13(3)6-2)17-12-14(4)15-9-7-8-10-16(15)20-17/h7-10,12-13,18-19H,5-6,11H2,1-4H3. The normalized spacial score (nSPS) is 14.4. The van der Waals surface area contributed by atoms with Gasteiger partial charge in [0.25, 0.3) is 0 Å². The summed E-state index contributed by atoms with van der Waals surface area (Å²) >= 11 is 0. The number of benzene rings is 1. The van der Waals surface area contributed by atoms with Crippen molar-refractivity contribution in [2.75, 3.05) is 6.54 Å². The Kier molecular flexibility index (Phi) is 5.13. The number of hydrogen-bond donors (Lipinski definition) is 1. The smallest absolute Gasteiger partial charge is 0.0708 e. The van der Waals surface area contributed by atoms with Gasteiger partial charge in [-0.1, -0.05) is 45.4 Å². The number of hydrogen-bond acceptors (Lipinski definition) is 2. The van der Waals surface area contributed by atoms with Crippen LogP contribution in [0, 0.1) is 12.8 Å². The molecular formula is C18H26N2. The van der Waals surface area contributed by atoms with E-state index in [1.54, 1.807) is 0 Å². The van der Waals surface area contributed by atoms with Crippen molar-refractivity contribution < 1.29 is 0 Å². The van der Waals surface area contributed by atoms with E-state index in [0.29, 0.717) is 12.0 Å². The zero-order valence-electron chi connectivity index (χ0n) is 13.1. The monoisotopic (exact) mass is 270 g/mol. The molecule has 20 heavy (non-hydrogen) atoms. The van der Waals surface area contributed by atoms with Crippen molar-refractivity contribution in [2.45, 2.75) is 46.6 Å². The molecule has 0 saturated carbocycles. The van der Waals surface area contributed by atoms with E-state index in [-0.39, 0.29) is 0 Å². The lowest BCUT2D eigenvalue weighted by Crippen LogP contribution is -2.28. The van der Waals surface area contributed by atoms with Crippen LogP contribution in [-0.2, 0) is 0 Å². The summed E-state index contributed by atoms with van der Waals surface area (Å²) in [7, 11) is 0. The van der Waals surface area contributed by atoms with E-state index in [4.69, 9.17) is 4.98 Å². The Morgan fingerprint density at radius 3 is 2.65 bits per heavy atom. The third-order valence-electron chi connectivity index (χ3n) is 4.09. The highest BCUT2D eigenvalue weighted by molar-refractivity contribution is 5.82. The molecule has 108 valence electrons. The van der Waals surface area contributed by atoms with Crippen LogP contribution in [-0.4, -0.2) is 11.5 Å². The molecule has 1 heterocycles. The maximum Gasteiger partial charge on any atom is 0.0708 e. The van der Waals surface area contributed by atoms with Gasteiger partial charge < -0.3 is 5.32 Å². The van der Waals surface area contributed by atoms with E-state index >= 15 is 0 Å². The quantitative estimate of drug-likeness (QED) is 0.827. The van der Waals surface area contributed by atoms with Gasteiger partial charge in [-0.2, -0.15) is 0 Å². The summed E-state index contributed by atoms with van der Waals surface area (Å²) in [5, 5.41) is 4.92. The molecule has 0 spiro atoms. The molecule has 2 atom stereocenters. The van der Waals surface area contributed by atoms with Crippen molar-refractivity contribution in [3.8, 4) is 0 Å². The van der Waals surface area contributed by atoms with Crippen molar-refractivity contribution in [1.29, 1.82) is 0 Å². The molecule has 1 N–H and O–H groups in total. The minimum Gasteiger partial charge on any atom is -0.308 e. The van der Waals surface area contributed by atoms with E-state index in [9.17, 15) is 0 Å². The number of pyridine rings is 1. The van der Waals surface area contributed by atoms with Crippen molar-refractivity contribution in [3.05, 3.63) is 41.6 Å². The van der Waals surface area contributed by atoms with Crippen molar-refractivity contribution in [3.63, 3.8) is 0 Å². The zero-order valence-corrected chi connectivity index (χ0v) is 13.1. The van der Waals surface area contributed by atoms with Crippen LogP contribution < -0.4 is 5.32 Å². The third kappa shape index (κ3) is 3.18. The second-order valence-corrected chi connectivity index (χ2v) is 5.70. The van der Waals surface area contributed by atoms with Crippen LogP contribution in [0.2, 0.25) is 0 Å². The molecule has 0 bridgehead atoms. The molecule has 0 fully saturated rings. The second-order valence-electron chi connectivity index (χ2n) is 5.70. The number of fused-ring (bicyclic) bond motifs is 1. The fourth-order valence-electron chi connectivity index (χ4n) is 2.67. The van der Waals surface area contributed by atoms with Crippen LogP contribution in [0.4, 0.5) is 0 Å². The van der Waals surface area contributed by atoms with Gasteiger partial charge >= 0.3 is 0 Å². The SMILES string of the molecule is CCCNC(c1cc(C)c2ccccc2n1)C(C)CC. The van der Waals surface area contributed by atoms with Crippen molar-refractivity contribution >= 4 is 10.9 Å². The van der Waals surface area contributed by atoms with Gasteiger partial charge in [0.2, 0.25) is 0 Å². The predicted molar refractivity (Wildman–Crippen MR) is 87.0 cm³/mol. The largest absolute Gasteiger partial charge is 0.308 e. The lowest BCUT2D eigenvalue weighted by Gasteiger charge is -2.24. The first-order valence-corrected chi connectivity index (χ1v) is 7.77. The number of nitrogens with one attached hydrogen (secondary N) is 1. The molecule has 0 aliphatic rings. The van der Waals surface area contributed by atoms with Gasteiger partial charge in [0.15, 0.2) is 0 Å². The zero-order chi connectivity index (χ0) is 14.5. The molecule has 0 saturated heterocycles. The molecule has 0 radical (unpaired) electrons. The van der Waals surface area contributed by atoms with Gasteiger partial charge in [-0.25, -0.2) is 0 Å². The minimum absolute atomic E-state index is 0.350. The number of nitrogens with zero attached hydrogens (tertiary/aromatic N) is 1. The molecule has 2 aromatic rings. The van der Waals surface area contributed by atoms with Crippen LogP contribution >= 0.6 is 0 Å². The van der Waals surface area contributed by atoms with Gasteiger partial charge in [0.05, 0.1) is 17.3 Å². The Hall–Kier alpha value is -1.41. The average Bonchev–Trinajstić information content (AvgIpc) is 2.47. The summed E-state index contributed by atoms with van der Waals surface area (Å²) in [6.45, 7) is 9.99. The van der Waals surface area contributed by atoms with Gasteiger partial charge in [-0.15, -0.1) is 0 Å². The highest BCUT2D eigenvalue weighted by Crippen LogP contribution is 2.26. The first kappa shape index (κ1) is 15.0. The summed E-state index contributed by atoms with van der Waals surface area (Å²) in [5.74, 6) is 0.592. The van der Waals surface area contributed by atoms with E-state index in [1.165, 1.54) is 16.6 Å². The third-order valence-corrected chi connectivity index (χ3v) is 4.09. The van der Waals surface area contributed by atoms with E-state index < -0.39 is 0 Å². The highest BCUT2D eigenvalue weighted by Gasteiger charge is 2.19. The van der Waals surface area contributed by atoms with Crippen molar-refractivity contribution in [1.82, 2.24) is 10.3 Å². The number of rotatable bonds is 6. The Morgan fingerprint density at radius 2 is 1.95 bits per heavy atom. The Labute approximate surface area is 122 Å². The number of aromatic nitrogens is 1. The molecule has 2 unspecified atom stereocenters. The molecule has 2 heteroatoms. The topological polar surface area (TPSA) is 24.9 Å². The molecular weight excluding hydrogens is 244 g/mol. The Bertz CT molecular complexity index is 562. The molecule has 0 aliphatic carbocycles. The van der Waals surface area contributed by atoms with Gasteiger partial charge in [0, 0.05) is 5.39 Å². The maximum absolute atomic E-state index is 4.90. The van der Waals surface area contributed by atoms with Crippen molar-refractivity contribution in [2.24, 2.45) is 5.92 Å². The van der Waals surface area contributed by atoms with Gasteiger partial charge in [-0.3, -0.25) is 4.98 Å². The van der Waals surface area contributed by atoms with E-state index in [0.717, 1.165) is 24.9 Å².